The zero-order valence-corrected chi connectivity index (χ0v) is 18.2. The van der Waals surface area contributed by atoms with Crippen molar-refractivity contribution in [2.24, 2.45) is 0 Å². The number of alkyl halides is 3. The molecule has 0 bridgehead atoms. The van der Waals surface area contributed by atoms with Crippen LogP contribution in [0.15, 0.2) is 53.7 Å². The Morgan fingerprint density at radius 1 is 1.12 bits per heavy atom. The Morgan fingerprint density at radius 2 is 1.91 bits per heavy atom. The average molecular weight is 465 g/mol. The molecule has 2 aromatic carbocycles. The molecule has 0 N–H and O–H groups in total. The number of halogens is 3. The van der Waals surface area contributed by atoms with Gasteiger partial charge in [0.2, 0.25) is 0 Å². The summed E-state index contributed by atoms with van der Waals surface area (Å²) in [6, 6.07) is 12.1. The van der Waals surface area contributed by atoms with Crippen molar-refractivity contribution in [3.05, 3.63) is 59.9 Å². The molecular formula is C22H22F3N3O3S. The average Bonchev–Trinajstić information content (AvgIpc) is 3.46. The lowest BCUT2D eigenvalue weighted by molar-refractivity contribution is -0.137. The maximum atomic E-state index is 13.3. The first-order chi connectivity index (χ1) is 15.4. The van der Waals surface area contributed by atoms with Crippen LogP contribution in [0.25, 0.3) is 5.69 Å². The summed E-state index contributed by atoms with van der Waals surface area (Å²) in [5.74, 6) is 2.32. The maximum Gasteiger partial charge on any atom is 0.416 e. The Hall–Kier alpha value is -2.72. The van der Waals surface area contributed by atoms with Gasteiger partial charge in [0.05, 0.1) is 24.5 Å². The second-order valence-electron chi connectivity index (χ2n) is 7.19. The lowest BCUT2D eigenvalue weighted by Crippen LogP contribution is -2.11. The van der Waals surface area contributed by atoms with Crippen LogP contribution in [-0.4, -0.2) is 40.3 Å². The predicted molar refractivity (Wildman–Crippen MR) is 113 cm³/mol. The molecule has 0 aliphatic carbocycles. The van der Waals surface area contributed by atoms with E-state index in [4.69, 9.17) is 14.2 Å². The van der Waals surface area contributed by atoms with Crippen LogP contribution in [0.3, 0.4) is 0 Å². The SMILES string of the molecule is COc1ccc(OCc2nnc(SCC3CCCO3)n2-c2cccc(C(F)(F)F)c2)cc1. The number of thioether (sulfide) groups is 1. The van der Waals surface area contributed by atoms with E-state index in [1.165, 1.54) is 17.8 Å². The van der Waals surface area contributed by atoms with Crippen molar-refractivity contribution >= 4 is 11.8 Å². The molecule has 10 heteroatoms. The molecule has 0 saturated carbocycles. The highest BCUT2D eigenvalue weighted by molar-refractivity contribution is 7.99. The van der Waals surface area contributed by atoms with Crippen LogP contribution in [0.1, 0.15) is 24.2 Å². The molecule has 3 aromatic rings. The molecule has 0 spiro atoms. The largest absolute Gasteiger partial charge is 0.497 e. The second kappa shape index (κ2) is 9.83. The quantitative estimate of drug-likeness (QED) is 0.429. The molecular weight excluding hydrogens is 443 g/mol. The summed E-state index contributed by atoms with van der Waals surface area (Å²) in [4.78, 5) is 0. The highest BCUT2D eigenvalue weighted by Gasteiger charge is 2.31. The van der Waals surface area contributed by atoms with Crippen LogP contribution in [0.4, 0.5) is 13.2 Å². The van der Waals surface area contributed by atoms with Crippen molar-refractivity contribution in [3.63, 3.8) is 0 Å². The number of aromatic nitrogens is 3. The highest BCUT2D eigenvalue weighted by atomic mass is 32.2. The molecule has 1 aromatic heterocycles. The first kappa shape index (κ1) is 22.5. The molecule has 32 heavy (non-hydrogen) atoms. The Kier molecular flexibility index (Phi) is 6.90. The summed E-state index contributed by atoms with van der Waals surface area (Å²) in [5, 5.41) is 8.92. The number of hydrogen-bond donors (Lipinski definition) is 0. The Balaban J connectivity index is 1.60. The second-order valence-corrected chi connectivity index (χ2v) is 8.18. The minimum Gasteiger partial charge on any atom is -0.497 e. The van der Waals surface area contributed by atoms with Crippen molar-refractivity contribution in [2.75, 3.05) is 19.5 Å². The lowest BCUT2D eigenvalue weighted by atomic mass is 10.2. The van der Waals surface area contributed by atoms with Gasteiger partial charge in [-0.2, -0.15) is 13.2 Å². The highest BCUT2D eigenvalue weighted by Crippen LogP contribution is 2.32. The Bertz CT molecular complexity index is 1030. The first-order valence-corrected chi connectivity index (χ1v) is 11.1. The predicted octanol–water partition coefficient (Wildman–Crippen LogP) is 5.14. The molecule has 1 unspecified atom stereocenters. The van der Waals surface area contributed by atoms with Crippen LogP contribution in [0.5, 0.6) is 11.5 Å². The number of methoxy groups -OCH3 is 1. The molecule has 1 atom stereocenters. The molecule has 1 saturated heterocycles. The van der Waals surface area contributed by atoms with E-state index in [-0.39, 0.29) is 12.7 Å². The maximum absolute atomic E-state index is 13.3. The smallest absolute Gasteiger partial charge is 0.416 e. The van der Waals surface area contributed by atoms with Crippen molar-refractivity contribution in [1.82, 2.24) is 14.8 Å². The summed E-state index contributed by atoms with van der Waals surface area (Å²) in [5.41, 5.74) is -0.409. The zero-order chi connectivity index (χ0) is 22.6. The topological polar surface area (TPSA) is 58.4 Å². The number of rotatable bonds is 8. The van der Waals surface area contributed by atoms with Gasteiger partial charge in [-0.15, -0.1) is 10.2 Å². The molecule has 1 fully saturated rings. The standard InChI is InChI=1S/C22H22F3N3O3S/c1-29-17-7-9-18(10-8-17)31-13-20-26-27-21(32-14-19-6-3-11-30-19)28(20)16-5-2-4-15(12-16)22(23,24)25/h2,4-5,7-10,12,19H,3,6,11,13-14H2,1H3. The third-order valence-electron chi connectivity index (χ3n) is 4.98. The van der Waals surface area contributed by atoms with E-state index in [0.29, 0.717) is 33.9 Å². The molecule has 2 heterocycles. The number of ether oxygens (including phenoxy) is 3. The van der Waals surface area contributed by atoms with E-state index >= 15 is 0 Å². The molecule has 1 aliphatic heterocycles. The summed E-state index contributed by atoms with van der Waals surface area (Å²) in [6.07, 6.45) is -2.38. The van der Waals surface area contributed by atoms with Gasteiger partial charge in [-0.05, 0) is 55.3 Å². The van der Waals surface area contributed by atoms with E-state index in [1.807, 2.05) is 0 Å². The van der Waals surface area contributed by atoms with E-state index in [2.05, 4.69) is 10.2 Å². The number of benzene rings is 2. The van der Waals surface area contributed by atoms with Gasteiger partial charge < -0.3 is 14.2 Å². The summed E-state index contributed by atoms with van der Waals surface area (Å²) in [6.45, 7) is 0.766. The fourth-order valence-corrected chi connectivity index (χ4v) is 4.37. The Labute approximate surface area is 187 Å². The summed E-state index contributed by atoms with van der Waals surface area (Å²) in [7, 11) is 1.57. The van der Waals surface area contributed by atoms with Crippen LogP contribution in [0.2, 0.25) is 0 Å². The summed E-state index contributed by atoms with van der Waals surface area (Å²) >= 11 is 1.41. The zero-order valence-electron chi connectivity index (χ0n) is 17.3. The third-order valence-corrected chi connectivity index (χ3v) is 6.04. The van der Waals surface area contributed by atoms with Gasteiger partial charge in [-0.3, -0.25) is 4.57 Å². The van der Waals surface area contributed by atoms with Crippen molar-refractivity contribution in [1.29, 1.82) is 0 Å². The van der Waals surface area contributed by atoms with E-state index in [9.17, 15) is 13.2 Å². The first-order valence-electron chi connectivity index (χ1n) is 10.1. The fraction of sp³-hybridized carbons (Fsp3) is 0.364. The number of hydrogen-bond acceptors (Lipinski definition) is 6. The van der Waals surface area contributed by atoms with Crippen molar-refractivity contribution in [3.8, 4) is 17.2 Å². The van der Waals surface area contributed by atoms with Gasteiger partial charge in [-0.25, -0.2) is 0 Å². The monoisotopic (exact) mass is 465 g/mol. The van der Waals surface area contributed by atoms with E-state index in [1.54, 1.807) is 42.0 Å². The number of nitrogens with zero attached hydrogens (tertiary/aromatic N) is 3. The summed E-state index contributed by atoms with van der Waals surface area (Å²) < 4.78 is 58.1. The van der Waals surface area contributed by atoms with E-state index < -0.39 is 11.7 Å². The van der Waals surface area contributed by atoms with Crippen LogP contribution in [-0.2, 0) is 17.5 Å². The minimum atomic E-state index is -4.45. The van der Waals surface area contributed by atoms with Gasteiger partial charge in [0, 0.05) is 12.4 Å². The third kappa shape index (κ3) is 5.36. The van der Waals surface area contributed by atoms with Gasteiger partial charge in [0.15, 0.2) is 11.0 Å². The molecule has 170 valence electrons. The van der Waals surface area contributed by atoms with E-state index in [0.717, 1.165) is 31.6 Å². The molecule has 6 nitrogen and oxygen atoms in total. The molecule has 1 aliphatic rings. The van der Waals surface area contributed by atoms with Crippen LogP contribution >= 0.6 is 11.8 Å². The molecule has 4 rings (SSSR count). The normalized spacial score (nSPS) is 16.3. The van der Waals surface area contributed by atoms with Gasteiger partial charge in [0.1, 0.15) is 18.1 Å². The van der Waals surface area contributed by atoms with Crippen LogP contribution < -0.4 is 9.47 Å². The van der Waals surface area contributed by atoms with Crippen molar-refractivity contribution < 1.29 is 27.4 Å². The molecule has 0 radical (unpaired) electrons. The molecule has 0 amide bonds. The lowest BCUT2D eigenvalue weighted by Gasteiger charge is -2.14. The minimum absolute atomic E-state index is 0.0378. The van der Waals surface area contributed by atoms with Crippen LogP contribution in [0, 0.1) is 0 Å². The van der Waals surface area contributed by atoms with Crippen molar-refractivity contribution in [2.45, 2.75) is 36.9 Å². The van der Waals surface area contributed by atoms with Gasteiger partial charge >= 0.3 is 6.18 Å². The van der Waals surface area contributed by atoms with Gasteiger partial charge in [0.25, 0.3) is 0 Å². The van der Waals surface area contributed by atoms with Gasteiger partial charge in [-0.1, -0.05) is 17.8 Å². The Morgan fingerprint density at radius 3 is 2.59 bits per heavy atom. The fourth-order valence-electron chi connectivity index (χ4n) is 3.33.